The van der Waals surface area contributed by atoms with Crippen LogP contribution in [0.1, 0.15) is 11.3 Å². The molecule has 0 amide bonds. The summed E-state index contributed by atoms with van der Waals surface area (Å²) in [5.41, 5.74) is -0.882. The maximum Gasteiger partial charge on any atom is 0.417 e. The molecule has 3 aromatic heterocycles. The number of rotatable bonds is 3. The van der Waals surface area contributed by atoms with Crippen LogP contribution in [-0.4, -0.2) is 9.55 Å². The smallest absolute Gasteiger partial charge is 0.417 e. The molecule has 0 aliphatic carbocycles. The topological polar surface area (TPSA) is 48.0 Å². The number of aromatic nitrogens is 2. The van der Waals surface area contributed by atoms with Gasteiger partial charge in [-0.05, 0) is 18.2 Å². The third-order valence-electron chi connectivity index (χ3n) is 2.93. The molecule has 0 saturated carbocycles. The van der Waals surface area contributed by atoms with Crippen molar-refractivity contribution in [2.75, 3.05) is 0 Å². The van der Waals surface area contributed by atoms with Crippen molar-refractivity contribution >= 4 is 11.3 Å². The second-order valence-electron chi connectivity index (χ2n) is 4.50. The lowest BCUT2D eigenvalue weighted by atomic mass is 10.2. The Morgan fingerprint density at radius 2 is 2.09 bits per heavy atom. The van der Waals surface area contributed by atoms with Crippen LogP contribution in [0.25, 0.3) is 10.8 Å². The van der Waals surface area contributed by atoms with E-state index in [4.69, 9.17) is 4.42 Å². The standard InChI is InChI=1S/C14H9F3N2O2S/c15-14(16,17)9-3-4-12(20)19(6-9)7-10-8-22-13(18-10)11-2-1-5-21-11/h1-6,8H,7H2. The van der Waals surface area contributed by atoms with Gasteiger partial charge in [-0.25, -0.2) is 4.98 Å². The molecule has 0 aliphatic rings. The van der Waals surface area contributed by atoms with Crippen LogP contribution >= 0.6 is 11.3 Å². The van der Waals surface area contributed by atoms with E-state index in [0.29, 0.717) is 16.5 Å². The first-order valence-corrected chi connectivity index (χ1v) is 7.07. The highest BCUT2D eigenvalue weighted by Gasteiger charge is 2.31. The molecule has 0 fully saturated rings. The molecule has 0 unspecified atom stereocenters. The Labute approximate surface area is 126 Å². The second kappa shape index (κ2) is 5.45. The number of thiazole rings is 1. The molecular formula is C14H9F3N2O2S. The third kappa shape index (κ3) is 2.96. The van der Waals surface area contributed by atoms with E-state index in [1.54, 1.807) is 17.5 Å². The molecule has 0 aromatic carbocycles. The third-order valence-corrected chi connectivity index (χ3v) is 3.83. The maximum atomic E-state index is 12.7. The first kappa shape index (κ1) is 14.6. The van der Waals surface area contributed by atoms with Crippen LogP contribution in [-0.2, 0) is 12.7 Å². The largest absolute Gasteiger partial charge is 0.462 e. The normalized spacial score (nSPS) is 11.8. The van der Waals surface area contributed by atoms with Crippen molar-refractivity contribution < 1.29 is 17.6 Å². The molecule has 3 rings (SSSR count). The van der Waals surface area contributed by atoms with Gasteiger partial charge in [0.15, 0.2) is 10.8 Å². The molecule has 8 heteroatoms. The SMILES string of the molecule is O=c1ccc(C(F)(F)F)cn1Cc1csc(-c2ccco2)n1. The Balaban J connectivity index is 1.89. The van der Waals surface area contributed by atoms with Crippen LogP contribution in [0, 0.1) is 0 Å². The van der Waals surface area contributed by atoms with Gasteiger partial charge < -0.3 is 8.98 Å². The van der Waals surface area contributed by atoms with Gasteiger partial charge in [-0.2, -0.15) is 13.2 Å². The van der Waals surface area contributed by atoms with Crippen molar-refractivity contribution in [2.45, 2.75) is 12.7 Å². The number of pyridine rings is 1. The van der Waals surface area contributed by atoms with Gasteiger partial charge in [-0.1, -0.05) is 0 Å². The number of alkyl halides is 3. The van der Waals surface area contributed by atoms with E-state index >= 15 is 0 Å². The average Bonchev–Trinajstić information content (AvgIpc) is 3.10. The highest BCUT2D eigenvalue weighted by Crippen LogP contribution is 2.28. The number of hydrogen-bond acceptors (Lipinski definition) is 4. The second-order valence-corrected chi connectivity index (χ2v) is 5.36. The lowest BCUT2D eigenvalue weighted by Gasteiger charge is -2.09. The Bertz CT molecular complexity index is 834. The Hall–Kier alpha value is -2.35. The van der Waals surface area contributed by atoms with E-state index < -0.39 is 17.3 Å². The minimum atomic E-state index is -4.49. The molecule has 22 heavy (non-hydrogen) atoms. The zero-order valence-corrected chi connectivity index (χ0v) is 11.8. The summed E-state index contributed by atoms with van der Waals surface area (Å²) in [6, 6.07) is 5.13. The molecule has 114 valence electrons. The van der Waals surface area contributed by atoms with E-state index in [9.17, 15) is 18.0 Å². The van der Waals surface area contributed by atoms with Gasteiger partial charge in [-0.3, -0.25) is 4.79 Å². The van der Waals surface area contributed by atoms with Gasteiger partial charge in [-0.15, -0.1) is 11.3 Å². The van der Waals surface area contributed by atoms with Crippen LogP contribution < -0.4 is 5.56 Å². The van der Waals surface area contributed by atoms with E-state index in [1.165, 1.54) is 17.6 Å². The van der Waals surface area contributed by atoms with Gasteiger partial charge in [0.2, 0.25) is 0 Å². The Morgan fingerprint density at radius 1 is 1.27 bits per heavy atom. The minimum Gasteiger partial charge on any atom is -0.462 e. The number of hydrogen-bond donors (Lipinski definition) is 0. The quantitative estimate of drug-likeness (QED) is 0.738. The molecule has 4 nitrogen and oxygen atoms in total. The van der Waals surface area contributed by atoms with Crippen LogP contribution in [0.2, 0.25) is 0 Å². The summed E-state index contributed by atoms with van der Waals surface area (Å²) >= 11 is 1.30. The monoisotopic (exact) mass is 326 g/mol. The van der Waals surface area contributed by atoms with Crippen molar-refractivity contribution in [3.63, 3.8) is 0 Å². The molecule has 0 saturated heterocycles. The fourth-order valence-corrected chi connectivity index (χ4v) is 2.67. The fraction of sp³-hybridized carbons (Fsp3) is 0.143. The lowest BCUT2D eigenvalue weighted by Crippen LogP contribution is -2.22. The summed E-state index contributed by atoms with van der Waals surface area (Å²) in [6.07, 6.45) is -2.18. The van der Waals surface area contributed by atoms with Gasteiger partial charge in [0.05, 0.1) is 24.1 Å². The summed E-state index contributed by atoms with van der Waals surface area (Å²) in [5, 5.41) is 2.30. The molecule has 0 aliphatic heterocycles. The summed E-state index contributed by atoms with van der Waals surface area (Å²) < 4.78 is 44.3. The van der Waals surface area contributed by atoms with Crippen LogP contribution in [0.3, 0.4) is 0 Å². The molecule has 0 spiro atoms. The molecule has 0 N–H and O–H groups in total. The predicted molar refractivity (Wildman–Crippen MR) is 74.6 cm³/mol. The fourth-order valence-electron chi connectivity index (χ4n) is 1.89. The zero-order chi connectivity index (χ0) is 15.7. The van der Waals surface area contributed by atoms with Gasteiger partial charge in [0, 0.05) is 17.6 Å². The molecule has 0 radical (unpaired) electrons. The van der Waals surface area contributed by atoms with Crippen LogP contribution in [0.4, 0.5) is 13.2 Å². The first-order valence-electron chi connectivity index (χ1n) is 6.19. The van der Waals surface area contributed by atoms with Gasteiger partial charge in [0.1, 0.15) is 0 Å². The number of furan rings is 1. The molecule has 3 aromatic rings. The van der Waals surface area contributed by atoms with Crippen molar-refractivity contribution in [2.24, 2.45) is 0 Å². The average molecular weight is 326 g/mol. The van der Waals surface area contributed by atoms with Crippen LogP contribution in [0.15, 0.2) is 51.3 Å². The summed E-state index contributed by atoms with van der Waals surface area (Å²) in [6.45, 7) is -0.0278. The predicted octanol–water partition coefficient (Wildman–Crippen LogP) is 3.63. The van der Waals surface area contributed by atoms with Crippen molar-refractivity contribution in [3.05, 3.63) is 63.7 Å². The van der Waals surface area contributed by atoms with E-state index in [1.807, 2.05) is 0 Å². The van der Waals surface area contributed by atoms with Crippen molar-refractivity contribution in [1.29, 1.82) is 0 Å². The number of halogens is 3. The minimum absolute atomic E-state index is 0.0278. The van der Waals surface area contributed by atoms with Crippen LogP contribution in [0.5, 0.6) is 0 Å². The van der Waals surface area contributed by atoms with E-state index in [0.717, 1.165) is 22.9 Å². The van der Waals surface area contributed by atoms with Crippen molar-refractivity contribution in [3.8, 4) is 10.8 Å². The van der Waals surface area contributed by atoms with Gasteiger partial charge >= 0.3 is 6.18 Å². The van der Waals surface area contributed by atoms with E-state index in [-0.39, 0.29) is 6.54 Å². The zero-order valence-electron chi connectivity index (χ0n) is 11.0. The molecule has 0 bridgehead atoms. The summed E-state index contributed by atoms with van der Waals surface area (Å²) in [4.78, 5) is 16.0. The Kier molecular flexibility index (Phi) is 3.61. The molecule has 3 heterocycles. The lowest BCUT2D eigenvalue weighted by molar-refractivity contribution is -0.138. The maximum absolute atomic E-state index is 12.7. The van der Waals surface area contributed by atoms with Gasteiger partial charge in [0.25, 0.3) is 5.56 Å². The highest BCUT2D eigenvalue weighted by molar-refractivity contribution is 7.13. The molecular weight excluding hydrogens is 317 g/mol. The highest BCUT2D eigenvalue weighted by atomic mass is 32.1. The Morgan fingerprint density at radius 3 is 2.77 bits per heavy atom. The van der Waals surface area contributed by atoms with Crippen molar-refractivity contribution in [1.82, 2.24) is 9.55 Å². The summed E-state index contributed by atoms with van der Waals surface area (Å²) in [5.74, 6) is 0.577. The molecule has 0 atom stereocenters. The number of nitrogens with zero attached hydrogens (tertiary/aromatic N) is 2. The first-order chi connectivity index (χ1) is 10.4. The van der Waals surface area contributed by atoms with E-state index in [2.05, 4.69) is 4.98 Å². The summed E-state index contributed by atoms with van der Waals surface area (Å²) in [7, 11) is 0.